The van der Waals surface area contributed by atoms with Crippen molar-refractivity contribution in [1.29, 1.82) is 0 Å². The van der Waals surface area contributed by atoms with Crippen molar-refractivity contribution in [1.82, 2.24) is 0 Å². The summed E-state index contributed by atoms with van der Waals surface area (Å²) in [7, 11) is 0. The number of anilines is 1. The molecule has 0 saturated heterocycles. The minimum absolute atomic E-state index is 0.723. The first-order chi connectivity index (χ1) is 9.29. The summed E-state index contributed by atoms with van der Waals surface area (Å²) in [4.78, 5) is 0. The van der Waals surface area contributed by atoms with Gasteiger partial charge < -0.3 is 5.32 Å². The van der Waals surface area contributed by atoms with Crippen molar-refractivity contribution >= 4 is 17.3 Å². The van der Waals surface area contributed by atoms with Crippen LogP contribution in [0.4, 0.5) is 5.69 Å². The minimum atomic E-state index is 0.723. The molecule has 0 atom stereocenters. The number of benzene rings is 2. The Bertz CT molecular complexity index is 522. The van der Waals surface area contributed by atoms with Gasteiger partial charge in [-0.15, -0.1) is 11.6 Å². The van der Waals surface area contributed by atoms with E-state index in [4.69, 9.17) is 11.6 Å². The van der Waals surface area contributed by atoms with Crippen LogP contribution >= 0.6 is 11.6 Å². The number of aryl methyl sites for hydroxylation is 2. The number of nitrogens with one attached hydrogen (secondary N) is 1. The smallest absolute Gasteiger partial charge is 0.0403 e. The van der Waals surface area contributed by atoms with Gasteiger partial charge in [-0.1, -0.05) is 36.4 Å². The second-order valence-corrected chi connectivity index (χ2v) is 5.15. The number of hydrogen-bond donors (Lipinski definition) is 1. The van der Waals surface area contributed by atoms with Crippen molar-refractivity contribution in [2.24, 2.45) is 0 Å². The van der Waals surface area contributed by atoms with E-state index in [2.05, 4.69) is 60.8 Å². The van der Waals surface area contributed by atoms with E-state index in [0.717, 1.165) is 25.3 Å². The Hall–Kier alpha value is -1.47. The summed E-state index contributed by atoms with van der Waals surface area (Å²) in [6.07, 6.45) is 2.08. The predicted molar refractivity (Wildman–Crippen MR) is 84.0 cm³/mol. The molecule has 0 aliphatic carbocycles. The van der Waals surface area contributed by atoms with Gasteiger partial charge >= 0.3 is 0 Å². The molecule has 2 aromatic rings. The zero-order valence-electron chi connectivity index (χ0n) is 11.3. The van der Waals surface area contributed by atoms with E-state index in [1.165, 1.54) is 22.4 Å². The lowest BCUT2D eigenvalue weighted by molar-refractivity contribution is 0.928. The standard InChI is InChI=1S/C17H20ClN/c1-14-6-2-3-9-16(14)13-19-17-10-4-7-15(12-17)8-5-11-18/h2-4,6-7,9-10,12,19H,5,8,11,13H2,1H3. The second kappa shape index (κ2) is 7.20. The molecule has 1 nitrogen and oxygen atoms in total. The Kier molecular flexibility index (Phi) is 5.29. The molecule has 0 aliphatic heterocycles. The van der Waals surface area contributed by atoms with Gasteiger partial charge in [0.1, 0.15) is 0 Å². The van der Waals surface area contributed by atoms with Gasteiger partial charge in [0, 0.05) is 18.1 Å². The average molecular weight is 274 g/mol. The molecule has 0 fully saturated rings. The molecule has 0 unspecified atom stereocenters. The Labute approximate surface area is 120 Å². The Balaban J connectivity index is 1.98. The quantitative estimate of drug-likeness (QED) is 0.747. The molecule has 100 valence electrons. The van der Waals surface area contributed by atoms with Gasteiger partial charge in [0.25, 0.3) is 0 Å². The molecule has 0 heterocycles. The van der Waals surface area contributed by atoms with Gasteiger partial charge in [-0.3, -0.25) is 0 Å². The Morgan fingerprint density at radius 2 is 1.89 bits per heavy atom. The van der Waals surface area contributed by atoms with Crippen LogP contribution in [0.5, 0.6) is 0 Å². The van der Waals surface area contributed by atoms with Gasteiger partial charge in [0.2, 0.25) is 0 Å². The maximum atomic E-state index is 5.73. The summed E-state index contributed by atoms with van der Waals surface area (Å²) in [5, 5.41) is 3.49. The van der Waals surface area contributed by atoms with Crippen LogP contribution in [0, 0.1) is 6.92 Å². The first-order valence-corrected chi connectivity index (χ1v) is 7.26. The highest BCUT2D eigenvalue weighted by molar-refractivity contribution is 6.17. The first kappa shape index (κ1) is 14.0. The molecular weight excluding hydrogens is 254 g/mol. The fourth-order valence-corrected chi connectivity index (χ4v) is 2.25. The van der Waals surface area contributed by atoms with E-state index >= 15 is 0 Å². The van der Waals surface area contributed by atoms with Crippen molar-refractivity contribution in [2.45, 2.75) is 26.3 Å². The van der Waals surface area contributed by atoms with Gasteiger partial charge in [0.15, 0.2) is 0 Å². The lowest BCUT2D eigenvalue weighted by Gasteiger charge is -2.10. The molecule has 2 heteroatoms. The van der Waals surface area contributed by atoms with Gasteiger partial charge in [0.05, 0.1) is 0 Å². The van der Waals surface area contributed by atoms with E-state index in [1.807, 2.05) is 0 Å². The number of halogens is 1. The zero-order valence-corrected chi connectivity index (χ0v) is 12.1. The maximum absolute atomic E-state index is 5.73. The van der Waals surface area contributed by atoms with E-state index in [-0.39, 0.29) is 0 Å². The molecule has 0 amide bonds. The molecule has 1 N–H and O–H groups in total. The monoisotopic (exact) mass is 273 g/mol. The fourth-order valence-electron chi connectivity index (χ4n) is 2.11. The van der Waals surface area contributed by atoms with Crippen LogP contribution in [0.2, 0.25) is 0 Å². The summed E-state index contributed by atoms with van der Waals surface area (Å²) >= 11 is 5.73. The summed E-state index contributed by atoms with van der Waals surface area (Å²) in [5.74, 6) is 0.723. The molecule has 0 bridgehead atoms. The van der Waals surface area contributed by atoms with Crippen molar-refractivity contribution in [3.05, 3.63) is 65.2 Å². The highest BCUT2D eigenvalue weighted by Gasteiger charge is 1.99. The summed E-state index contributed by atoms with van der Waals surface area (Å²) in [6.45, 7) is 3.01. The molecule has 0 saturated carbocycles. The van der Waals surface area contributed by atoms with Crippen LogP contribution in [0.3, 0.4) is 0 Å². The van der Waals surface area contributed by atoms with Crippen molar-refractivity contribution in [3.8, 4) is 0 Å². The van der Waals surface area contributed by atoms with E-state index < -0.39 is 0 Å². The zero-order chi connectivity index (χ0) is 13.5. The van der Waals surface area contributed by atoms with E-state index in [0.29, 0.717) is 0 Å². The lowest BCUT2D eigenvalue weighted by Crippen LogP contribution is -2.01. The molecule has 0 aromatic heterocycles. The Morgan fingerprint density at radius 3 is 2.68 bits per heavy atom. The third-order valence-corrected chi connectivity index (χ3v) is 3.54. The molecular formula is C17H20ClN. The highest BCUT2D eigenvalue weighted by atomic mass is 35.5. The molecule has 2 aromatic carbocycles. The summed E-state index contributed by atoms with van der Waals surface area (Å²) in [5.41, 5.74) is 5.19. The van der Waals surface area contributed by atoms with Crippen LogP contribution in [0.15, 0.2) is 48.5 Å². The number of rotatable bonds is 6. The molecule has 2 rings (SSSR count). The third kappa shape index (κ3) is 4.29. The molecule has 19 heavy (non-hydrogen) atoms. The number of alkyl halides is 1. The fraction of sp³-hybridized carbons (Fsp3) is 0.294. The third-order valence-electron chi connectivity index (χ3n) is 3.27. The van der Waals surface area contributed by atoms with Gasteiger partial charge in [-0.25, -0.2) is 0 Å². The molecule has 0 spiro atoms. The topological polar surface area (TPSA) is 12.0 Å². The average Bonchev–Trinajstić information content (AvgIpc) is 2.45. The van der Waals surface area contributed by atoms with Gasteiger partial charge in [-0.2, -0.15) is 0 Å². The van der Waals surface area contributed by atoms with E-state index in [1.54, 1.807) is 0 Å². The van der Waals surface area contributed by atoms with Crippen LogP contribution in [-0.2, 0) is 13.0 Å². The lowest BCUT2D eigenvalue weighted by atomic mass is 10.1. The van der Waals surface area contributed by atoms with Crippen LogP contribution in [0.25, 0.3) is 0 Å². The summed E-state index contributed by atoms with van der Waals surface area (Å²) < 4.78 is 0. The van der Waals surface area contributed by atoms with Crippen LogP contribution in [-0.4, -0.2) is 5.88 Å². The maximum Gasteiger partial charge on any atom is 0.0403 e. The van der Waals surface area contributed by atoms with Crippen molar-refractivity contribution < 1.29 is 0 Å². The first-order valence-electron chi connectivity index (χ1n) is 6.73. The predicted octanol–water partition coefficient (Wildman–Crippen LogP) is 4.78. The van der Waals surface area contributed by atoms with Crippen molar-refractivity contribution in [3.63, 3.8) is 0 Å². The molecule has 0 radical (unpaired) electrons. The Morgan fingerprint density at radius 1 is 1.05 bits per heavy atom. The normalized spacial score (nSPS) is 10.4. The number of hydrogen-bond acceptors (Lipinski definition) is 1. The van der Waals surface area contributed by atoms with E-state index in [9.17, 15) is 0 Å². The van der Waals surface area contributed by atoms with Crippen LogP contribution in [0.1, 0.15) is 23.1 Å². The van der Waals surface area contributed by atoms with Gasteiger partial charge in [-0.05, 0) is 48.6 Å². The second-order valence-electron chi connectivity index (χ2n) is 4.77. The summed E-state index contributed by atoms with van der Waals surface area (Å²) in [6, 6.07) is 17.1. The SMILES string of the molecule is Cc1ccccc1CNc1cccc(CCCCl)c1. The highest BCUT2D eigenvalue weighted by Crippen LogP contribution is 2.15. The largest absolute Gasteiger partial charge is 0.381 e. The minimum Gasteiger partial charge on any atom is -0.381 e. The van der Waals surface area contributed by atoms with Crippen molar-refractivity contribution in [2.75, 3.05) is 11.2 Å². The molecule has 0 aliphatic rings. The van der Waals surface area contributed by atoms with Crippen LogP contribution < -0.4 is 5.32 Å².